The van der Waals surface area contributed by atoms with Gasteiger partial charge in [-0.2, -0.15) is 0 Å². The number of barbiturate groups is 1. The first-order valence-corrected chi connectivity index (χ1v) is 10.9. The molecule has 10 nitrogen and oxygen atoms in total. The Labute approximate surface area is 210 Å². The lowest BCUT2D eigenvalue weighted by Crippen LogP contribution is -2.54. The molecule has 1 heterocycles. The molecule has 1 aliphatic rings. The Morgan fingerprint density at radius 2 is 1.62 bits per heavy atom. The number of benzene rings is 3. The van der Waals surface area contributed by atoms with Crippen LogP contribution in [0.3, 0.4) is 0 Å². The van der Waals surface area contributed by atoms with E-state index in [0.29, 0.717) is 11.3 Å². The van der Waals surface area contributed by atoms with Crippen LogP contribution in [-0.2, 0) is 20.9 Å². The fourth-order valence-corrected chi connectivity index (χ4v) is 3.53. The van der Waals surface area contributed by atoms with Crippen molar-refractivity contribution < 1.29 is 38.6 Å². The van der Waals surface area contributed by atoms with Crippen molar-refractivity contribution in [1.82, 2.24) is 5.32 Å². The quantitative estimate of drug-likeness (QED) is 0.286. The van der Waals surface area contributed by atoms with Crippen LogP contribution in [0.5, 0.6) is 5.75 Å². The van der Waals surface area contributed by atoms with Gasteiger partial charge in [0.15, 0.2) is 0 Å². The zero-order valence-corrected chi connectivity index (χ0v) is 19.5. The topological polar surface area (TPSA) is 139 Å². The van der Waals surface area contributed by atoms with Gasteiger partial charge in [0.25, 0.3) is 11.8 Å². The molecule has 3 aromatic rings. The van der Waals surface area contributed by atoms with E-state index in [2.05, 4.69) is 10.1 Å². The molecular formula is C27H20N2O8. The first kappa shape index (κ1) is 24.9. The van der Waals surface area contributed by atoms with Crippen molar-refractivity contribution >= 4 is 41.5 Å². The van der Waals surface area contributed by atoms with Crippen molar-refractivity contribution in [2.45, 2.75) is 6.61 Å². The monoisotopic (exact) mass is 500 g/mol. The second-order valence-electron chi connectivity index (χ2n) is 7.86. The van der Waals surface area contributed by atoms with Crippen LogP contribution in [0.2, 0.25) is 0 Å². The van der Waals surface area contributed by atoms with Gasteiger partial charge in [0.1, 0.15) is 17.9 Å². The van der Waals surface area contributed by atoms with Crippen LogP contribution in [0.25, 0.3) is 6.08 Å². The van der Waals surface area contributed by atoms with E-state index in [0.717, 1.165) is 10.5 Å². The van der Waals surface area contributed by atoms with Gasteiger partial charge in [-0.15, -0.1) is 0 Å². The van der Waals surface area contributed by atoms with Crippen LogP contribution in [-0.4, -0.2) is 42.0 Å². The second-order valence-corrected chi connectivity index (χ2v) is 7.86. The van der Waals surface area contributed by atoms with E-state index < -0.39 is 29.8 Å². The van der Waals surface area contributed by atoms with Gasteiger partial charge < -0.3 is 14.6 Å². The highest BCUT2D eigenvalue weighted by Gasteiger charge is 2.36. The summed E-state index contributed by atoms with van der Waals surface area (Å²) in [5.74, 6) is -2.82. The Bertz CT molecular complexity index is 1430. The summed E-state index contributed by atoms with van der Waals surface area (Å²) in [5, 5.41) is 11.1. The maximum atomic E-state index is 13.1. The van der Waals surface area contributed by atoms with Crippen LogP contribution in [0, 0.1) is 0 Å². The molecule has 0 aromatic heterocycles. The van der Waals surface area contributed by atoms with E-state index in [1.54, 1.807) is 36.4 Å². The van der Waals surface area contributed by atoms with Crippen LogP contribution in [0.15, 0.2) is 78.4 Å². The zero-order valence-electron chi connectivity index (χ0n) is 19.5. The van der Waals surface area contributed by atoms with E-state index in [4.69, 9.17) is 9.84 Å². The lowest BCUT2D eigenvalue weighted by molar-refractivity contribution is -0.122. The number of rotatable bonds is 7. The molecular weight excluding hydrogens is 480 g/mol. The van der Waals surface area contributed by atoms with Crippen LogP contribution < -0.4 is 15.0 Å². The molecule has 1 fully saturated rings. The molecule has 186 valence electrons. The highest BCUT2D eigenvalue weighted by atomic mass is 16.5. The molecule has 37 heavy (non-hydrogen) atoms. The third-order valence-corrected chi connectivity index (χ3v) is 5.42. The standard InChI is InChI=1S/C27H20N2O8/c1-36-26(34)19-9-11-20(12-10-19)29-24(31)22(23(30)28-27(29)35)14-17-3-2-4-21(13-17)37-15-16-5-7-18(8-6-16)25(32)33/h2-14H,15H2,1H3,(H,32,33)(H,28,30,35)/b22-14-. The molecule has 0 bridgehead atoms. The normalized spacial score (nSPS) is 14.4. The highest BCUT2D eigenvalue weighted by molar-refractivity contribution is 6.39. The summed E-state index contributed by atoms with van der Waals surface area (Å²) >= 11 is 0. The van der Waals surface area contributed by atoms with Crippen molar-refractivity contribution in [1.29, 1.82) is 0 Å². The van der Waals surface area contributed by atoms with Gasteiger partial charge in [-0.3, -0.25) is 14.9 Å². The summed E-state index contributed by atoms with van der Waals surface area (Å²) in [6, 6.07) is 17.6. The molecule has 0 spiro atoms. The van der Waals surface area contributed by atoms with Gasteiger partial charge in [0.05, 0.1) is 23.9 Å². The largest absolute Gasteiger partial charge is 0.489 e. The number of hydrogen-bond acceptors (Lipinski definition) is 7. The van der Waals surface area contributed by atoms with E-state index in [1.165, 1.54) is 49.6 Å². The predicted molar refractivity (Wildman–Crippen MR) is 131 cm³/mol. The highest BCUT2D eigenvalue weighted by Crippen LogP contribution is 2.24. The van der Waals surface area contributed by atoms with E-state index in [9.17, 15) is 24.0 Å². The Morgan fingerprint density at radius 3 is 2.27 bits per heavy atom. The molecule has 0 atom stereocenters. The van der Waals surface area contributed by atoms with Gasteiger partial charge in [0, 0.05) is 0 Å². The van der Waals surface area contributed by atoms with Crippen LogP contribution >= 0.6 is 0 Å². The summed E-state index contributed by atoms with van der Waals surface area (Å²) in [7, 11) is 1.24. The Kier molecular flexibility index (Phi) is 7.10. The predicted octanol–water partition coefficient (Wildman–Crippen LogP) is 3.42. The molecule has 4 rings (SSSR count). The molecule has 10 heteroatoms. The van der Waals surface area contributed by atoms with Gasteiger partial charge in [-0.1, -0.05) is 24.3 Å². The van der Waals surface area contributed by atoms with Crippen molar-refractivity contribution in [2.75, 3.05) is 12.0 Å². The first-order chi connectivity index (χ1) is 17.8. The van der Waals surface area contributed by atoms with E-state index in [-0.39, 0.29) is 29.0 Å². The second kappa shape index (κ2) is 10.6. The van der Waals surface area contributed by atoms with Gasteiger partial charge in [-0.05, 0) is 65.7 Å². The number of methoxy groups -OCH3 is 1. The minimum Gasteiger partial charge on any atom is -0.489 e. The van der Waals surface area contributed by atoms with Crippen molar-refractivity contribution in [3.63, 3.8) is 0 Å². The number of nitrogens with zero attached hydrogens (tertiary/aromatic N) is 1. The lowest BCUT2D eigenvalue weighted by Gasteiger charge is -2.26. The third-order valence-electron chi connectivity index (χ3n) is 5.42. The number of anilines is 1. The average Bonchev–Trinajstić information content (AvgIpc) is 2.90. The summed E-state index contributed by atoms with van der Waals surface area (Å²) in [4.78, 5) is 61.4. The van der Waals surface area contributed by atoms with E-state index in [1.807, 2.05) is 0 Å². The van der Waals surface area contributed by atoms with Crippen molar-refractivity contribution in [3.05, 3.63) is 101 Å². The fourth-order valence-electron chi connectivity index (χ4n) is 3.53. The smallest absolute Gasteiger partial charge is 0.337 e. The molecule has 1 aliphatic heterocycles. The molecule has 0 unspecified atom stereocenters. The number of esters is 1. The summed E-state index contributed by atoms with van der Waals surface area (Å²) < 4.78 is 10.4. The Hall–Kier alpha value is -5.25. The number of carbonyl (C=O) groups excluding carboxylic acids is 4. The van der Waals surface area contributed by atoms with Crippen LogP contribution in [0.1, 0.15) is 31.8 Å². The number of hydrogen-bond donors (Lipinski definition) is 2. The van der Waals surface area contributed by atoms with Gasteiger partial charge >= 0.3 is 18.0 Å². The average molecular weight is 500 g/mol. The van der Waals surface area contributed by atoms with Crippen molar-refractivity contribution in [2.24, 2.45) is 0 Å². The summed E-state index contributed by atoms with van der Waals surface area (Å²) in [6.45, 7) is 0.170. The number of nitrogens with one attached hydrogen (secondary N) is 1. The summed E-state index contributed by atoms with van der Waals surface area (Å²) in [6.07, 6.45) is 1.34. The Morgan fingerprint density at radius 1 is 0.946 bits per heavy atom. The number of amides is 4. The van der Waals surface area contributed by atoms with Gasteiger partial charge in [-0.25, -0.2) is 19.3 Å². The number of carboxylic acids is 1. The molecule has 2 N–H and O–H groups in total. The number of urea groups is 1. The fraction of sp³-hybridized carbons (Fsp3) is 0.0741. The zero-order chi connectivity index (χ0) is 26.5. The van der Waals surface area contributed by atoms with Gasteiger partial charge in [0.2, 0.25) is 0 Å². The molecule has 3 aromatic carbocycles. The number of ether oxygens (including phenoxy) is 2. The SMILES string of the molecule is COC(=O)c1ccc(N2C(=O)NC(=O)/C(=C/c3cccc(OCc4ccc(C(=O)O)cc4)c3)C2=O)cc1. The number of carbonyl (C=O) groups is 5. The van der Waals surface area contributed by atoms with Crippen LogP contribution in [0.4, 0.5) is 10.5 Å². The molecule has 0 aliphatic carbocycles. The molecule has 0 saturated carbocycles. The maximum Gasteiger partial charge on any atom is 0.337 e. The first-order valence-electron chi connectivity index (χ1n) is 10.9. The number of carboxylic acid groups (broad SMARTS) is 1. The van der Waals surface area contributed by atoms with E-state index >= 15 is 0 Å². The molecule has 1 saturated heterocycles. The van der Waals surface area contributed by atoms with Crippen molar-refractivity contribution in [3.8, 4) is 5.75 Å². The molecule has 4 amide bonds. The molecule has 0 radical (unpaired) electrons. The summed E-state index contributed by atoms with van der Waals surface area (Å²) in [5.41, 5.74) is 1.53. The minimum atomic E-state index is -1.02. The lowest BCUT2D eigenvalue weighted by atomic mass is 10.1. The number of aromatic carboxylic acids is 1. The third kappa shape index (κ3) is 5.54. The Balaban J connectivity index is 1.53. The number of imide groups is 2. The minimum absolute atomic E-state index is 0.166. The maximum absolute atomic E-state index is 13.1.